The predicted molar refractivity (Wildman–Crippen MR) is 43.7 cm³/mol. The first-order chi connectivity index (χ1) is 5.65. The number of hydrogen-bond acceptors (Lipinski definition) is 3. The van der Waals surface area contributed by atoms with Crippen LogP contribution in [0.4, 0.5) is 0 Å². The molecule has 0 aliphatic heterocycles. The summed E-state index contributed by atoms with van der Waals surface area (Å²) in [5, 5.41) is 4.10. The molecule has 0 spiro atoms. The van der Waals surface area contributed by atoms with Crippen LogP contribution in [0.3, 0.4) is 0 Å². The average Bonchev–Trinajstić information content (AvgIpc) is 2.49. The van der Waals surface area contributed by atoms with Gasteiger partial charge in [0.25, 0.3) is 0 Å². The van der Waals surface area contributed by atoms with Crippen LogP contribution in [-0.2, 0) is 9.53 Å². The van der Waals surface area contributed by atoms with Gasteiger partial charge in [-0.05, 0) is 19.9 Å². The average molecular weight is 168 g/mol. The lowest BCUT2D eigenvalue weighted by Crippen LogP contribution is -2.18. The summed E-state index contributed by atoms with van der Waals surface area (Å²) >= 11 is 0. The molecule has 1 rings (SSSR count). The normalized spacial score (nSPS) is 12.6. The zero-order valence-corrected chi connectivity index (χ0v) is 7.44. The minimum Gasteiger partial charge on any atom is -0.467 e. The number of nitrogens with zero attached hydrogens (tertiary/aromatic N) is 2. The van der Waals surface area contributed by atoms with Crippen molar-refractivity contribution in [1.82, 2.24) is 9.78 Å². The fourth-order valence-electron chi connectivity index (χ4n) is 0.927. The number of rotatable bonds is 2. The molecule has 4 nitrogen and oxygen atoms in total. The van der Waals surface area contributed by atoms with E-state index in [1.165, 1.54) is 7.11 Å². The molecule has 0 saturated heterocycles. The Balaban J connectivity index is 2.77. The van der Waals surface area contributed by atoms with Gasteiger partial charge in [0.15, 0.2) is 0 Å². The van der Waals surface area contributed by atoms with Gasteiger partial charge in [0, 0.05) is 6.20 Å². The Bertz CT molecular complexity index is 280. The minimum absolute atomic E-state index is 0.280. The van der Waals surface area contributed by atoms with Crippen LogP contribution in [0.1, 0.15) is 18.7 Å². The lowest BCUT2D eigenvalue weighted by atomic mass is 10.3. The Morgan fingerprint density at radius 2 is 2.42 bits per heavy atom. The third kappa shape index (κ3) is 1.64. The van der Waals surface area contributed by atoms with Crippen LogP contribution in [0.25, 0.3) is 0 Å². The minimum atomic E-state index is -0.344. The second-order valence-corrected chi connectivity index (χ2v) is 2.64. The second kappa shape index (κ2) is 3.38. The fourth-order valence-corrected chi connectivity index (χ4v) is 0.927. The van der Waals surface area contributed by atoms with E-state index in [0.29, 0.717) is 0 Å². The molecule has 0 fully saturated rings. The number of aromatic nitrogens is 2. The van der Waals surface area contributed by atoms with Gasteiger partial charge in [-0.3, -0.25) is 4.68 Å². The maximum Gasteiger partial charge on any atom is 0.330 e. The van der Waals surface area contributed by atoms with Crippen molar-refractivity contribution in [2.24, 2.45) is 0 Å². The molecule has 1 aromatic heterocycles. The van der Waals surface area contributed by atoms with Gasteiger partial charge in [-0.25, -0.2) is 4.79 Å². The third-order valence-electron chi connectivity index (χ3n) is 1.68. The summed E-state index contributed by atoms with van der Waals surface area (Å²) in [5.74, 6) is -0.280. The van der Waals surface area contributed by atoms with Gasteiger partial charge in [-0.2, -0.15) is 5.10 Å². The molecule has 0 bridgehead atoms. The van der Waals surface area contributed by atoms with E-state index < -0.39 is 0 Å². The highest BCUT2D eigenvalue weighted by Gasteiger charge is 2.14. The van der Waals surface area contributed by atoms with Crippen molar-refractivity contribution in [2.75, 3.05) is 7.11 Å². The summed E-state index contributed by atoms with van der Waals surface area (Å²) in [6.07, 6.45) is 1.76. The molecule has 0 unspecified atom stereocenters. The van der Waals surface area contributed by atoms with Gasteiger partial charge in [-0.1, -0.05) is 0 Å². The van der Waals surface area contributed by atoms with Gasteiger partial charge in [0.05, 0.1) is 12.8 Å². The van der Waals surface area contributed by atoms with E-state index in [1.807, 2.05) is 13.0 Å². The molecule has 4 heteroatoms. The van der Waals surface area contributed by atoms with Gasteiger partial charge in [0.2, 0.25) is 0 Å². The molecule has 0 N–H and O–H groups in total. The summed E-state index contributed by atoms with van der Waals surface area (Å²) in [6.45, 7) is 3.62. The summed E-state index contributed by atoms with van der Waals surface area (Å²) in [6, 6.07) is 1.50. The van der Waals surface area contributed by atoms with Crippen molar-refractivity contribution >= 4 is 5.97 Å². The number of hydrogen-bond donors (Lipinski definition) is 0. The SMILES string of the molecule is COC(=O)[C@@H](C)n1ccc(C)n1. The van der Waals surface area contributed by atoms with E-state index in [-0.39, 0.29) is 12.0 Å². The molecule has 66 valence electrons. The Hall–Kier alpha value is -1.32. The van der Waals surface area contributed by atoms with Crippen molar-refractivity contribution in [3.8, 4) is 0 Å². The van der Waals surface area contributed by atoms with E-state index in [1.54, 1.807) is 17.8 Å². The first kappa shape index (κ1) is 8.77. The number of esters is 1. The zero-order chi connectivity index (χ0) is 9.14. The molecule has 0 amide bonds. The van der Waals surface area contributed by atoms with E-state index in [4.69, 9.17) is 0 Å². The van der Waals surface area contributed by atoms with E-state index in [0.717, 1.165) is 5.69 Å². The van der Waals surface area contributed by atoms with Gasteiger partial charge in [-0.15, -0.1) is 0 Å². The fraction of sp³-hybridized carbons (Fsp3) is 0.500. The summed E-state index contributed by atoms with van der Waals surface area (Å²) in [7, 11) is 1.37. The van der Waals surface area contributed by atoms with Crippen molar-refractivity contribution in [3.05, 3.63) is 18.0 Å². The Morgan fingerprint density at radius 3 is 2.83 bits per heavy atom. The molecule has 0 aromatic carbocycles. The summed E-state index contributed by atoms with van der Waals surface area (Å²) in [4.78, 5) is 11.0. The van der Waals surface area contributed by atoms with E-state index in [2.05, 4.69) is 9.84 Å². The highest BCUT2D eigenvalue weighted by Crippen LogP contribution is 2.06. The number of carbonyl (C=O) groups is 1. The Kier molecular flexibility index (Phi) is 2.47. The molecule has 1 aromatic rings. The van der Waals surface area contributed by atoms with Crippen molar-refractivity contribution in [3.63, 3.8) is 0 Å². The monoisotopic (exact) mass is 168 g/mol. The van der Waals surface area contributed by atoms with Crippen LogP contribution < -0.4 is 0 Å². The lowest BCUT2D eigenvalue weighted by Gasteiger charge is -2.08. The van der Waals surface area contributed by atoms with Crippen molar-refractivity contribution in [1.29, 1.82) is 0 Å². The number of carbonyl (C=O) groups excluding carboxylic acids is 1. The van der Waals surface area contributed by atoms with Gasteiger partial charge >= 0.3 is 5.97 Å². The number of methoxy groups -OCH3 is 1. The third-order valence-corrected chi connectivity index (χ3v) is 1.68. The standard InChI is InChI=1S/C8H12N2O2/c1-6-4-5-10(9-6)7(2)8(11)12-3/h4-5,7H,1-3H3/t7-/m1/s1. The number of aryl methyl sites for hydroxylation is 1. The zero-order valence-electron chi connectivity index (χ0n) is 7.44. The predicted octanol–water partition coefficient (Wildman–Crippen LogP) is 0.926. The second-order valence-electron chi connectivity index (χ2n) is 2.64. The quantitative estimate of drug-likeness (QED) is 0.617. The highest BCUT2D eigenvalue weighted by molar-refractivity contribution is 5.73. The van der Waals surface area contributed by atoms with Gasteiger partial charge < -0.3 is 4.74 Å². The molecule has 1 heterocycles. The molecule has 12 heavy (non-hydrogen) atoms. The van der Waals surface area contributed by atoms with Crippen LogP contribution in [0.15, 0.2) is 12.3 Å². The van der Waals surface area contributed by atoms with Crippen molar-refractivity contribution in [2.45, 2.75) is 19.9 Å². The Morgan fingerprint density at radius 1 is 1.75 bits per heavy atom. The molecule has 0 aliphatic rings. The molecule has 0 saturated carbocycles. The van der Waals surface area contributed by atoms with Crippen LogP contribution >= 0.6 is 0 Å². The maximum absolute atomic E-state index is 11.0. The molecular weight excluding hydrogens is 156 g/mol. The topological polar surface area (TPSA) is 44.1 Å². The van der Waals surface area contributed by atoms with E-state index >= 15 is 0 Å². The molecule has 0 aliphatic carbocycles. The van der Waals surface area contributed by atoms with Gasteiger partial charge in [0.1, 0.15) is 6.04 Å². The highest BCUT2D eigenvalue weighted by atomic mass is 16.5. The van der Waals surface area contributed by atoms with Crippen LogP contribution in [-0.4, -0.2) is 22.9 Å². The lowest BCUT2D eigenvalue weighted by molar-refractivity contribution is -0.144. The first-order valence-electron chi connectivity index (χ1n) is 3.74. The first-order valence-corrected chi connectivity index (χ1v) is 3.74. The van der Waals surface area contributed by atoms with Crippen LogP contribution in [0.2, 0.25) is 0 Å². The maximum atomic E-state index is 11.0. The van der Waals surface area contributed by atoms with Crippen molar-refractivity contribution < 1.29 is 9.53 Å². The Labute approximate surface area is 71.1 Å². The smallest absolute Gasteiger partial charge is 0.330 e. The summed E-state index contributed by atoms with van der Waals surface area (Å²) < 4.78 is 6.16. The molecule has 1 atom stereocenters. The molecule has 0 radical (unpaired) electrons. The van der Waals surface area contributed by atoms with Crippen LogP contribution in [0, 0.1) is 6.92 Å². The number of ether oxygens (including phenoxy) is 1. The largest absolute Gasteiger partial charge is 0.467 e. The molecular formula is C8H12N2O2. The van der Waals surface area contributed by atoms with E-state index in [9.17, 15) is 4.79 Å². The van der Waals surface area contributed by atoms with Crippen LogP contribution in [0.5, 0.6) is 0 Å². The summed E-state index contributed by atoms with van der Waals surface area (Å²) in [5.41, 5.74) is 0.894.